The molecule has 1 aliphatic heterocycles. The van der Waals surface area contributed by atoms with Gasteiger partial charge in [0.25, 0.3) is 0 Å². The van der Waals surface area contributed by atoms with E-state index in [0.717, 1.165) is 31.9 Å². The van der Waals surface area contributed by atoms with Crippen molar-refractivity contribution in [3.63, 3.8) is 0 Å². The third-order valence-corrected chi connectivity index (χ3v) is 2.90. The highest BCUT2D eigenvalue weighted by molar-refractivity contribution is 5.91. The molecule has 90 valence electrons. The van der Waals surface area contributed by atoms with E-state index in [1.807, 2.05) is 23.1 Å². The Hall–Kier alpha value is -1.68. The van der Waals surface area contributed by atoms with Gasteiger partial charge in [-0.25, -0.2) is 0 Å². The summed E-state index contributed by atoms with van der Waals surface area (Å²) in [5, 5.41) is 0. The molecule has 0 bridgehead atoms. The Balaban J connectivity index is 1.91. The van der Waals surface area contributed by atoms with Crippen molar-refractivity contribution in [2.24, 2.45) is 0 Å². The fourth-order valence-corrected chi connectivity index (χ4v) is 1.76. The Bertz CT molecular complexity index is 394. The maximum Gasteiger partial charge on any atom is 0.246 e. The average molecular weight is 231 g/mol. The van der Waals surface area contributed by atoms with E-state index in [1.165, 1.54) is 0 Å². The van der Waals surface area contributed by atoms with E-state index < -0.39 is 0 Å². The van der Waals surface area contributed by atoms with Crippen molar-refractivity contribution in [3.8, 4) is 0 Å². The molecule has 1 fully saturated rings. The summed E-state index contributed by atoms with van der Waals surface area (Å²) >= 11 is 0. The summed E-state index contributed by atoms with van der Waals surface area (Å²) in [7, 11) is 2.07. The van der Waals surface area contributed by atoms with Gasteiger partial charge in [0, 0.05) is 38.5 Å². The van der Waals surface area contributed by atoms with Gasteiger partial charge in [0.1, 0.15) is 0 Å². The summed E-state index contributed by atoms with van der Waals surface area (Å²) in [6, 6.07) is 5.65. The topological polar surface area (TPSA) is 36.4 Å². The largest absolute Gasteiger partial charge is 0.337 e. The summed E-state index contributed by atoms with van der Waals surface area (Å²) in [4.78, 5) is 20.1. The van der Waals surface area contributed by atoms with Crippen molar-refractivity contribution >= 4 is 12.0 Å². The maximum absolute atomic E-state index is 11.9. The van der Waals surface area contributed by atoms with Gasteiger partial charge in [0.2, 0.25) is 5.91 Å². The number of hydrogen-bond acceptors (Lipinski definition) is 3. The number of pyridine rings is 1. The van der Waals surface area contributed by atoms with E-state index in [9.17, 15) is 4.79 Å². The Morgan fingerprint density at radius 3 is 2.71 bits per heavy atom. The summed E-state index contributed by atoms with van der Waals surface area (Å²) in [5.41, 5.74) is 0.815. The number of piperazine rings is 1. The first-order valence-corrected chi connectivity index (χ1v) is 5.82. The van der Waals surface area contributed by atoms with Crippen LogP contribution >= 0.6 is 0 Å². The smallest absolute Gasteiger partial charge is 0.246 e. The van der Waals surface area contributed by atoms with E-state index in [0.29, 0.717) is 0 Å². The molecule has 0 N–H and O–H groups in total. The van der Waals surface area contributed by atoms with Gasteiger partial charge in [-0.2, -0.15) is 0 Å². The van der Waals surface area contributed by atoms with Crippen molar-refractivity contribution in [1.29, 1.82) is 0 Å². The number of carbonyl (C=O) groups is 1. The molecule has 0 radical (unpaired) electrons. The second-order valence-corrected chi connectivity index (χ2v) is 4.22. The van der Waals surface area contributed by atoms with Gasteiger partial charge in [0.05, 0.1) is 5.69 Å². The van der Waals surface area contributed by atoms with Crippen LogP contribution in [0.5, 0.6) is 0 Å². The summed E-state index contributed by atoms with van der Waals surface area (Å²) < 4.78 is 0. The lowest BCUT2D eigenvalue weighted by Gasteiger charge is -2.31. The monoisotopic (exact) mass is 231 g/mol. The van der Waals surface area contributed by atoms with Gasteiger partial charge in [-0.15, -0.1) is 0 Å². The van der Waals surface area contributed by atoms with Crippen LogP contribution in [0.15, 0.2) is 30.5 Å². The molecule has 1 amide bonds. The normalized spacial score (nSPS) is 17.6. The van der Waals surface area contributed by atoms with Crippen LogP contribution in [0.3, 0.4) is 0 Å². The Morgan fingerprint density at radius 2 is 2.06 bits per heavy atom. The first kappa shape index (κ1) is 11.8. The third-order valence-electron chi connectivity index (χ3n) is 2.90. The maximum atomic E-state index is 11.9. The van der Waals surface area contributed by atoms with Crippen LogP contribution < -0.4 is 0 Å². The minimum absolute atomic E-state index is 0.0729. The SMILES string of the molecule is CN1CCN(C(=O)C=Cc2ccccn2)CC1. The molecule has 4 nitrogen and oxygen atoms in total. The highest BCUT2D eigenvalue weighted by atomic mass is 16.2. The van der Waals surface area contributed by atoms with Crippen molar-refractivity contribution in [3.05, 3.63) is 36.2 Å². The van der Waals surface area contributed by atoms with Crippen molar-refractivity contribution < 1.29 is 4.79 Å². The van der Waals surface area contributed by atoms with Gasteiger partial charge in [-0.3, -0.25) is 9.78 Å². The number of rotatable bonds is 2. The van der Waals surface area contributed by atoms with Crippen LogP contribution in [0.4, 0.5) is 0 Å². The van der Waals surface area contributed by atoms with Crippen molar-refractivity contribution in [2.45, 2.75) is 0 Å². The molecule has 1 aliphatic rings. The van der Waals surface area contributed by atoms with Crippen LogP contribution in [0.1, 0.15) is 5.69 Å². The summed E-state index contributed by atoms with van der Waals surface area (Å²) in [5.74, 6) is 0.0729. The molecule has 0 aromatic carbocycles. The number of amides is 1. The predicted molar refractivity (Wildman–Crippen MR) is 67.3 cm³/mol. The molecule has 0 unspecified atom stereocenters. The van der Waals surface area contributed by atoms with Crippen LogP contribution in [0.2, 0.25) is 0 Å². The Morgan fingerprint density at radius 1 is 1.29 bits per heavy atom. The molecule has 2 heterocycles. The van der Waals surface area contributed by atoms with Crippen LogP contribution in [0, 0.1) is 0 Å². The Kier molecular flexibility index (Phi) is 3.88. The zero-order valence-corrected chi connectivity index (χ0v) is 10.0. The first-order valence-electron chi connectivity index (χ1n) is 5.82. The highest BCUT2D eigenvalue weighted by Crippen LogP contribution is 2.02. The van der Waals surface area contributed by atoms with Gasteiger partial charge < -0.3 is 9.80 Å². The number of hydrogen-bond donors (Lipinski definition) is 0. The lowest BCUT2D eigenvalue weighted by molar-refractivity contribution is -0.127. The fourth-order valence-electron chi connectivity index (χ4n) is 1.76. The third kappa shape index (κ3) is 3.39. The molecule has 0 spiro atoms. The van der Waals surface area contributed by atoms with E-state index in [4.69, 9.17) is 0 Å². The number of carbonyl (C=O) groups excluding carboxylic acids is 1. The number of nitrogens with zero attached hydrogens (tertiary/aromatic N) is 3. The van der Waals surface area contributed by atoms with Gasteiger partial charge in [-0.1, -0.05) is 6.07 Å². The minimum atomic E-state index is 0.0729. The standard InChI is InChI=1S/C13H17N3O/c1-15-8-10-16(11-9-15)13(17)6-5-12-4-2-3-7-14-12/h2-7H,8-11H2,1H3. The predicted octanol–water partition coefficient (Wildman–Crippen LogP) is 0.869. The van der Waals surface area contributed by atoms with E-state index in [2.05, 4.69) is 16.9 Å². The molecule has 1 saturated heterocycles. The lowest BCUT2D eigenvalue weighted by atomic mass is 10.3. The molecule has 0 saturated carbocycles. The van der Waals surface area contributed by atoms with E-state index in [1.54, 1.807) is 18.3 Å². The molecule has 1 aromatic rings. The second kappa shape index (κ2) is 5.59. The fraction of sp³-hybridized carbons (Fsp3) is 0.385. The number of aromatic nitrogens is 1. The van der Waals surface area contributed by atoms with E-state index >= 15 is 0 Å². The molecule has 1 aromatic heterocycles. The Labute approximate surface area is 102 Å². The van der Waals surface area contributed by atoms with Crippen molar-refractivity contribution in [1.82, 2.24) is 14.8 Å². The zero-order chi connectivity index (χ0) is 12.1. The quantitative estimate of drug-likeness (QED) is 0.709. The molecule has 4 heteroatoms. The van der Waals surface area contributed by atoms with Gasteiger partial charge >= 0.3 is 0 Å². The van der Waals surface area contributed by atoms with Crippen molar-refractivity contribution in [2.75, 3.05) is 33.2 Å². The molecular formula is C13H17N3O. The van der Waals surface area contributed by atoms with Gasteiger partial charge in [-0.05, 0) is 25.3 Å². The average Bonchev–Trinajstić information content (AvgIpc) is 2.38. The zero-order valence-electron chi connectivity index (χ0n) is 10.0. The molecule has 2 rings (SSSR count). The molecule has 0 aliphatic carbocycles. The second-order valence-electron chi connectivity index (χ2n) is 4.22. The molecule has 17 heavy (non-hydrogen) atoms. The minimum Gasteiger partial charge on any atom is -0.337 e. The first-order chi connectivity index (χ1) is 8.25. The highest BCUT2D eigenvalue weighted by Gasteiger charge is 2.16. The van der Waals surface area contributed by atoms with Crippen LogP contribution in [0.25, 0.3) is 6.08 Å². The van der Waals surface area contributed by atoms with Gasteiger partial charge in [0.15, 0.2) is 0 Å². The van der Waals surface area contributed by atoms with Crippen LogP contribution in [-0.4, -0.2) is 53.9 Å². The lowest BCUT2D eigenvalue weighted by Crippen LogP contribution is -2.46. The number of likely N-dealkylation sites (N-methyl/N-ethyl adjacent to an activating group) is 1. The molecular weight excluding hydrogens is 214 g/mol. The van der Waals surface area contributed by atoms with E-state index in [-0.39, 0.29) is 5.91 Å². The van der Waals surface area contributed by atoms with Crippen LogP contribution in [-0.2, 0) is 4.79 Å². The summed E-state index contributed by atoms with van der Waals surface area (Å²) in [6.07, 6.45) is 5.09. The molecule has 0 atom stereocenters. The summed E-state index contributed by atoms with van der Waals surface area (Å²) in [6.45, 7) is 3.51.